The number of nitrogens with two attached hydrogens (primary N) is 1. The van der Waals surface area contributed by atoms with Gasteiger partial charge in [-0.25, -0.2) is 14.2 Å². The second-order valence-corrected chi connectivity index (χ2v) is 8.50. The molecule has 0 radical (unpaired) electrons. The summed E-state index contributed by atoms with van der Waals surface area (Å²) in [5, 5.41) is 3.36. The topological polar surface area (TPSA) is 100 Å². The van der Waals surface area contributed by atoms with E-state index in [1.54, 1.807) is 51.8 Å². The molecule has 0 saturated carbocycles. The molecule has 3 rings (SSSR count). The number of hydrogen-bond acceptors (Lipinski definition) is 6. The lowest BCUT2D eigenvalue weighted by atomic mass is 9.67. The highest BCUT2D eigenvalue weighted by Gasteiger charge is 2.53. The van der Waals surface area contributed by atoms with Gasteiger partial charge in [0.15, 0.2) is 5.96 Å². The fraction of sp³-hybridized carbons (Fsp3) is 0.571. The number of ether oxygens (including phenoxy) is 1. The third kappa shape index (κ3) is 3.57. The predicted octanol–water partition coefficient (Wildman–Crippen LogP) is 2.50. The zero-order valence-corrected chi connectivity index (χ0v) is 18.2. The standard InChI is InChI=1S/C21H30FN5O3/c1-6-30-19(29)27-10-9-14(12-27)24-13-7-8-16(22)15(11-13)21(4)20(2,3)17(28)26(5)18(23)25-21/h7-8,11,14,24H,6,9-10,12H2,1-5H3,(H2,23,25)/t14?,21-/m1/s1. The minimum absolute atomic E-state index is 0.0150. The van der Waals surface area contributed by atoms with Gasteiger partial charge in [-0.2, -0.15) is 0 Å². The van der Waals surface area contributed by atoms with Gasteiger partial charge < -0.3 is 20.7 Å². The first-order valence-corrected chi connectivity index (χ1v) is 10.1. The molecule has 0 spiro atoms. The summed E-state index contributed by atoms with van der Waals surface area (Å²) in [4.78, 5) is 32.2. The van der Waals surface area contributed by atoms with Crippen LogP contribution in [0.1, 0.15) is 39.7 Å². The number of nitrogens with one attached hydrogen (secondary N) is 1. The summed E-state index contributed by atoms with van der Waals surface area (Å²) < 4.78 is 20.0. The fourth-order valence-corrected chi connectivity index (χ4v) is 4.05. The van der Waals surface area contributed by atoms with E-state index >= 15 is 0 Å². The van der Waals surface area contributed by atoms with Gasteiger partial charge in [0.2, 0.25) is 5.91 Å². The summed E-state index contributed by atoms with van der Waals surface area (Å²) in [5.74, 6) is -0.624. The maximum absolute atomic E-state index is 14.9. The first kappa shape index (κ1) is 21.9. The van der Waals surface area contributed by atoms with Gasteiger partial charge in [0.1, 0.15) is 11.4 Å². The molecule has 0 aromatic heterocycles. The number of halogens is 1. The van der Waals surface area contributed by atoms with Crippen LogP contribution in [-0.4, -0.2) is 60.5 Å². The molecule has 1 aromatic rings. The monoisotopic (exact) mass is 419 g/mol. The van der Waals surface area contributed by atoms with Crippen LogP contribution in [-0.2, 0) is 15.1 Å². The van der Waals surface area contributed by atoms with Crippen molar-refractivity contribution in [1.29, 1.82) is 0 Å². The quantitative estimate of drug-likeness (QED) is 0.781. The highest BCUT2D eigenvalue weighted by Crippen LogP contribution is 2.47. The van der Waals surface area contributed by atoms with Crippen LogP contribution >= 0.6 is 0 Å². The van der Waals surface area contributed by atoms with Gasteiger partial charge in [-0.1, -0.05) is 0 Å². The number of carbonyl (C=O) groups excluding carboxylic acids is 2. The van der Waals surface area contributed by atoms with Crippen molar-refractivity contribution in [2.75, 3.05) is 32.1 Å². The van der Waals surface area contributed by atoms with E-state index in [-0.39, 0.29) is 24.0 Å². The Morgan fingerprint density at radius 1 is 1.40 bits per heavy atom. The molecular formula is C21H30FN5O3. The van der Waals surface area contributed by atoms with E-state index in [2.05, 4.69) is 10.3 Å². The van der Waals surface area contributed by atoms with Gasteiger partial charge >= 0.3 is 6.09 Å². The molecule has 8 nitrogen and oxygen atoms in total. The van der Waals surface area contributed by atoms with Crippen molar-refractivity contribution in [3.05, 3.63) is 29.6 Å². The number of nitrogens with zero attached hydrogens (tertiary/aromatic N) is 3. The average Bonchev–Trinajstić information content (AvgIpc) is 3.15. The molecule has 164 valence electrons. The molecule has 2 amide bonds. The van der Waals surface area contributed by atoms with Crippen molar-refractivity contribution < 1.29 is 18.7 Å². The van der Waals surface area contributed by atoms with E-state index in [0.717, 1.165) is 6.42 Å². The van der Waals surface area contributed by atoms with E-state index in [4.69, 9.17) is 10.5 Å². The van der Waals surface area contributed by atoms with Crippen LogP contribution in [0.3, 0.4) is 0 Å². The van der Waals surface area contributed by atoms with Crippen molar-refractivity contribution in [2.45, 2.75) is 45.7 Å². The van der Waals surface area contributed by atoms with Crippen LogP contribution in [0.4, 0.5) is 14.9 Å². The molecule has 2 aliphatic heterocycles. The summed E-state index contributed by atoms with van der Waals surface area (Å²) in [7, 11) is 1.56. The molecule has 2 heterocycles. The van der Waals surface area contributed by atoms with E-state index in [0.29, 0.717) is 30.9 Å². The molecule has 2 aliphatic rings. The number of aliphatic imine (C=N–C) groups is 1. The third-order valence-electron chi connectivity index (χ3n) is 6.31. The second-order valence-electron chi connectivity index (χ2n) is 8.50. The van der Waals surface area contributed by atoms with Gasteiger partial charge in [0, 0.05) is 37.4 Å². The smallest absolute Gasteiger partial charge is 0.409 e. The summed E-state index contributed by atoms with van der Waals surface area (Å²) in [5.41, 5.74) is 4.77. The summed E-state index contributed by atoms with van der Waals surface area (Å²) in [6, 6.07) is 4.71. The zero-order valence-electron chi connectivity index (χ0n) is 18.2. The maximum Gasteiger partial charge on any atom is 0.409 e. The Balaban J connectivity index is 1.88. The number of anilines is 1. The Kier molecular flexibility index (Phi) is 5.66. The lowest BCUT2D eigenvalue weighted by Gasteiger charge is -2.46. The number of carbonyl (C=O) groups is 2. The van der Waals surface area contributed by atoms with Gasteiger partial charge in [-0.15, -0.1) is 0 Å². The maximum atomic E-state index is 14.9. The first-order valence-electron chi connectivity index (χ1n) is 10.1. The number of guanidine groups is 1. The van der Waals surface area contributed by atoms with E-state index in [9.17, 15) is 14.0 Å². The third-order valence-corrected chi connectivity index (χ3v) is 6.31. The molecule has 0 aliphatic carbocycles. The molecule has 1 unspecified atom stereocenters. The van der Waals surface area contributed by atoms with Crippen molar-refractivity contribution >= 4 is 23.6 Å². The van der Waals surface area contributed by atoms with E-state index in [1.165, 1.54) is 11.0 Å². The lowest BCUT2D eigenvalue weighted by Crippen LogP contribution is -2.58. The average molecular weight is 420 g/mol. The molecule has 2 atom stereocenters. The largest absolute Gasteiger partial charge is 0.450 e. The number of benzene rings is 1. The Morgan fingerprint density at radius 3 is 2.77 bits per heavy atom. The van der Waals surface area contributed by atoms with Crippen molar-refractivity contribution in [3.8, 4) is 0 Å². The number of rotatable bonds is 4. The van der Waals surface area contributed by atoms with E-state index < -0.39 is 16.8 Å². The molecular weight excluding hydrogens is 389 g/mol. The highest BCUT2D eigenvalue weighted by molar-refractivity contribution is 6.01. The minimum atomic E-state index is -1.17. The Morgan fingerprint density at radius 2 is 2.10 bits per heavy atom. The second kappa shape index (κ2) is 7.77. The first-order chi connectivity index (χ1) is 14.0. The summed E-state index contributed by atoms with van der Waals surface area (Å²) >= 11 is 0. The molecule has 0 bridgehead atoms. The number of hydrogen-bond donors (Lipinski definition) is 2. The number of likely N-dealkylation sites (tertiary alicyclic amines) is 1. The van der Waals surface area contributed by atoms with Crippen LogP contribution in [0.15, 0.2) is 23.2 Å². The Bertz CT molecular complexity index is 887. The minimum Gasteiger partial charge on any atom is -0.450 e. The van der Waals surface area contributed by atoms with Crippen LogP contribution in [0.25, 0.3) is 0 Å². The Labute approximate surface area is 176 Å². The lowest BCUT2D eigenvalue weighted by molar-refractivity contribution is -0.140. The Hall–Kier alpha value is -2.84. The molecule has 1 saturated heterocycles. The molecule has 3 N–H and O–H groups in total. The van der Waals surface area contributed by atoms with Gasteiger partial charge in [-0.3, -0.25) is 9.69 Å². The highest BCUT2D eigenvalue weighted by atomic mass is 19.1. The van der Waals surface area contributed by atoms with Crippen LogP contribution in [0.2, 0.25) is 0 Å². The summed E-state index contributed by atoms with van der Waals surface area (Å²) in [6.07, 6.45) is 0.424. The van der Waals surface area contributed by atoms with Gasteiger partial charge in [-0.05, 0) is 52.3 Å². The van der Waals surface area contributed by atoms with Gasteiger partial charge in [0.05, 0.1) is 12.0 Å². The van der Waals surface area contributed by atoms with Crippen molar-refractivity contribution in [2.24, 2.45) is 16.1 Å². The van der Waals surface area contributed by atoms with Crippen molar-refractivity contribution in [3.63, 3.8) is 0 Å². The van der Waals surface area contributed by atoms with Gasteiger partial charge in [0.25, 0.3) is 0 Å². The predicted molar refractivity (Wildman–Crippen MR) is 113 cm³/mol. The number of amides is 2. The molecule has 9 heteroatoms. The molecule has 30 heavy (non-hydrogen) atoms. The zero-order chi connectivity index (χ0) is 22.3. The van der Waals surface area contributed by atoms with Crippen molar-refractivity contribution in [1.82, 2.24) is 9.80 Å². The normalized spacial score (nSPS) is 25.9. The van der Waals surface area contributed by atoms with Crippen LogP contribution in [0.5, 0.6) is 0 Å². The molecule has 1 aromatic carbocycles. The van der Waals surface area contributed by atoms with Crippen LogP contribution in [0, 0.1) is 11.2 Å². The van der Waals surface area contributed by atoms with Crippen LogP contribution < -0.4 is 11.1 Å². The summed E-state index contributed by atoms with van der Waals surface area (Å²) in [6.45, 7) is 8.42. The fourth-order valence-electron chi connectivity index (χ4n) is 4.05. The SMILES string of the molecule is CCOC(=O)N1CCC(Nc2ccc(F)c([C@@]3(C)N=C(N)N(C)C(=O)C3(C)C)c2)C1. The molecule has 1 fully saturated rings. The van der Waals surface area contributed by atoms with E-state index in [1.807, 2.05) is 0 Å².